The molecule has 24 heavy (non-hydrogen) atoms. The molecule has 1 aromatic carbocycles. The maximum atomic E-state index is 12.7. The van der Waals surface area contributed by atoms with E-state index in [1.54, 1.807) is 13.8 Å². The SMILES string of the molecule is CC[C@H](C)NC(=O)COc1ccc(Cl)cc1S(=O)(=O)N(CC)CC. The second kappa shape index (κ2) is 9.25. The number of hydrogen-bond acceptors (Lipinski definition) is 4. The first-order chi connectivity index (χ1) is 11.3. The number of nitrogens with zero attached hydrogens (tertiary/aromatic N) is 1. The Balaban J connectivity index is 3.03. The van der Waals surface area contributed by atoms with E-state index in [9.17, 15) is 13.2 Å². The maximum Gasteiger partial charge on any atom is 0.258 e. The van der Waals surface area contributed by atoms with Crippen molar-refractivity contribution in [2.24, 2.45) is 0 Å². The summed E-state index contributed by atoms with van der Waals surface area (Å²) in [5, 5.41) is 3.05. The number of rotatable bonds is 9. The lowest BCUT2D eigenvalue weighted by Gasteiger charge is -2.21. The lowest BCUT2D eigenvalue weighted by atomic mass is 10.2. The van der Waals surface area contributed by atoms with Crippen LogP contribution < -0.4 is 10.1 Å². The van der Waals surface area contributed by atoms with E-state index in [4.69, 9.17) is 16.3 Å². The fraction of sp³-hybridized carbons (Fsp3) is 0.562. The Morgan fingerprint density at radius 3 is 2.46 bits per heavy atom. The smallest absolute Gasteiger partial charge is 0.258 e. The number of sulfonamides is 1. The minimum atomic E-state index is -3.74. The van der Waals surface area contributed by atoms with Crippen LogP contribution >= 0.6 is 11.6 Å². The first kappa shape index (κ1) is 20.7. The molecule has 136 valence electrons. The van der Waals surface area contributed by atoms with E-state index < -0.39 is 10.0 Å². The predicted octanol–water partition coefficient (Wildman–Crippen LogP) is 2.66. The Morgan fingerprint density at radius 1 is 1.29 bits per heavy atom. The number of carbonyl (C=O) groups is 1. The van der Waals surface area contributed by atoms with Gasteiger partial charge < -0.3 is 10.1 Å². The zero-order valence-corrected chi connectivity index (χ0v) is 16.1. The van der Waals surface area contributed by atoms with E-state index in [1.807, 2.05) is 13.8 Å². The minimum absolute atomic E-state index is 0.0324. The molecule has 1 amide bonds. The van der Waals surface area contributed by atoms with Crippen molar-refractivity contribution in [3.05, 3.63) is 23.2 Å². The molecule has 0 saturated carbocycles. The summed E-state index contributed by atoms with van der Waals surface area (Å²) in [7, 11) is -3.74. The highest BCUT2D eigenvalue weighted by atomic mass is 35.5. The van der Waals surface area contributed by atoms with E-state index in [0.29, 0.717) is 13.1 Å². The molecule has 0 aliphatic heterocycles. The van der Waals surface area contributed by atoms with Crippen molar-refractivity contribution in [2.45, 2.75) is 45.1 Å². The fourth-order valence-electron chi connectivity index (χ4n) is 2.07. The van der Waals surface area contributed by atoms with E-state index in [0.717, 1.165) is 6.42 Å². The van der Waals surface area contributed by atoms with Crippen molar-refractivity contribution in [1.29, 1.82) is 0 Å². The van der Waals surface area contributed by atoms with Crippen molar-refractivity contribution >= 4 is 27.5 Å². The third kappa shape index (κ3) is 5.36. The topological polar surface area (TPSA) is 75.7 Å². The number of nitrogens with one attached hydrogen (secondary N) is 1. The van der Waals surface area contributed by atoms with Crippen LogP contribution in [0.25, 0.3) is 0 Å². The minimum Gasteiger partial charge on any atom is -0.482 e. The van der Waals surface area contributed by atoms with Crippen LogP contribution in [0.4, 0.5) is 0 Å². The predicted molar refractivity (Wildman–Crippen MR) is 94.9 cm³/mol. The molecule has 0 bridgehead atoms. The number of amides is 1. The summed E-state index contributed by atoms with van der Waals surface area (Å²) in [5.41, 5.74) is 0. The zero-order chi connectivity index (χ0) is 18.3. The number of ether oxygens (including phenoxy) is 1. The number of hydrogen-bond donors (Lipinski definition) is 1. The van der Waals surface area contributed by atoms with Crippen LogP contribution in [0.2, 0.25) is 5.02 Å². The molecule has 0 aliphatic carbocycles. The molecule has 0 aromatic heterocycles. The normalized spacial score (nSPS) is 12.9. The highest BCUT2D eigenvalue weighted by molar-refractivity contribution is 7.89. The second-order valence-electron chi connectivity index (χ2n) is 5.35. The lowest BCUT2D eigenvalue weighted by molar-refractivity contribution is -0.123. The summed E-state index contributed by atoms with van der Waals surface area (Å²) in [6, 6.07) is 4.38. The molecule has 8 heteroatoms. The van der Waals surface area contributed by atoms with Gasteiger partial charge in [0, 0.05) is 24.2 Å². The molecule has 0 unspecified atom stereocenters. The summed E-state index contributed by atoms with van der Waals surface area (Å²) >= 11 is 5.95. The van der Waals surface area contributed by atoms with Gasteiger partial charge >= 0.3 is 0 Å². The van der Waals surface area contributed by atoms with Crippen LogP contribution in [0.3, 0.4) is 0 Å². The van der Waals surface area contributed by atoms with Gasteiger partial charge in [-0.25, -0.2) is 8.42 Å². The van der Waals surface area contributed by atoms with E-state index in [2.05, 4.69) is 5.32 Å². The molecule has 1 N–H and O–H groups in total. The Morgan fingerprint density at radius 2 is 1.92 bits per heavy atom. The second-order valence-corrected chi connectivity index (χ2v) is 7.69. The first-order valence-corrected chi connectivity index (χ1v) is 9.79. The summed E-state index contributed by atoms with van der Waals surface area (Å²) in [4.78, 5) is 11.8. The van der Waals surface area contributed by atoms with Gasteiger partial charge in [-0.15, -0.1) is 0 Å². The standard InChI is InChI=1S/C16H25ClN2O4S/c1-5-12(4)18-16(20)11-23-14-9-8-13(17)10-15(14)24(21,22)19(6-2)7-3/h8-10,12H,5-7,11H2,1-4H3,(H,18,20)/t12-/m0/s1. The Bertz CT molecular complexity index is 660. The molecule has 1 rings (SSSR count). The van der Waals surface area contributed by atoms with Gasteiger partial charge in [-0.05, 0) is 31.5 Å². The van der Waals surface area contributed by atoms with Crippen molar-refractivity contribution < 1.29 is 17.9 Å². The quantitative estimate of drug-likeness (QED) is 0.718. The average molecular weight is 377 g/mol. The molecule has 1 atom stereocenters. The summed E-state index contributed by atoms with van der Waals surface area (Å²) < 4.78 is 32.2. The highest BCUT2D eigenvalue weighted by Gasteiger charge is 2.26. The molecule has 0 spiro atoms. The van der Waals surface area contributed by atoms with Crippen LogP contribution in [0, 0.1) is 0 Å². The first-order valence-electron chi connectivity index (χ1n) is 7.98. The maximum absolute atomic E-state index is 12.7. The molecule has 1 aromatic rings. The Hall–Kier alpha value is -1.31. The summed E-state index contributed by atoms with van der Waals surface area (Å²) in [6.45, 7) is 7.76. The van der Waals surface area contributed by atoms with Gasteiger partial charge in [0.1, 0.15) is 10.6 Å². The van der Waals surface area contributed by atoms with Crippen molar-refractivity contribution in [2.75, 3.05) is 19.7 Å². The third-order valence-electron chi connectivity index (χ3n) is 3.61. The van der Waals surface area contributed by atoms with Gasteiger partial charge in [0.25, 0.3) is 5.91 Å². The highest BCUT2D eigenvalue weighted by Crippen LogP contribution is 2.29. The summed E-state index contributed by atoms with van der Waals surface area (Å²) in [6.07, 6.45) is 0.800. The Kier molecular flexibility index (Phi) is 7.99. The van der Waals surface area contributed by atoms with Gasteiger partial charge in [0.15, 0.2) is 6.61 Å². The van der Waals surface area contributed by atoms with Gasteiger partial charge in [0.05, 0.1) is 0 Å². The number of benzene rings is 1. The molecular formula is C16H25ClN2O4S. The van der Waals surface area contributed by atoms with Crippen molar-refractivity contribution in [3.63, 3.8) is 0 Å². The molecule has 0 radical (unpaired) electrons. The molecule has 0 fully saturated rings. The van der Waals surface area contributed by atoms with E-state index in [1.165, 1.54) is 22.5 Å². The van der Waals surface area contributed by atoms with Gasteiger partial charge in [-0.1, -0.05) is 32.4 Å². The van der Waals surface area contributed by atoms with E-state index >= 15 is 0 Å². The van der Waals surface area contributed by atoms with Crippen LogP contribution in [-0.4, -0.2) is 44.4 Å². The monoisotopic (exact) mass is 376 g/mol. The largest absolute Gasteiger partial charge is 0.482 e. The van der Waals surface area contributed by atoms with Crippen LogP contribution in [0.5, 0.6) is 5.75 Å². The van der Waals surface area contributed by atoms with Gasteiger partial charge in [0.2, 0.25) is 10.0 Å². The molecule has 0 aliphatic rings. The van der Waals surface area contributed by atoms with Crippen LogP contribution in [0.1, 0.15) is 34.1 Å². The zero-order valence-electron chi connectivity index (χ0n) is 14.5. The van der Waals surface area contributed by atoms with E-state index in [-0.39, 0.29) is 34.2 Å². The van der Waals surface area contributed by atoms with Crippen molar-refractivity contribution in [1.82, 2.24) is 9.62 Å². The molecule has 6 nitrogen and oxygen atoms in total. The average Bonchev–Trinajstić information content (AvgIpc) is 2.54. The molecular weight excluding hydrogens is 352 g/mol. The number of halogens is 1. The van der Waals surface area contributed by atoms with Crippen LogP contribution in [-0.2, 0) is 14.8 Å². The number of carbonyl (C=O) groups excluding carboxylic acids is 1. The van der Waals surface area contributed by atoms with Gasteiger partial charge in [-0.3, -0.25) is 4.79 Å². The van der Waals surface area contributed by atoms with Gasteiger partial charge in [-0.2, -0.15) is 4.31 Å². The Labute approximate surface area is 149 Å². The van der Waals surface area contributed by atoms with Crippen LogP contribution in [0.15, 0.2) is 23.1 Å². The third-order valence-corrected chi connectivity index (χ3v) is 5.91. The lowest BCUT2D eigenvalue weighted by Crippen LogP contribution is -2.36. The fourth-order valence-corrected chi connectivity index (χ4v) is 3.92. The molecule has 0 heterocycles. The van der Waals surface area contributed by atoms with Crippen molar-refractivity contribution in [3.8, 4) is 5.75 Å². The molecule has 0 saturated heterocycles. The summed E-state index contributed by atoms with van der Waals surface area (Å²) in [5.74, 6) is -0.184.